The first-order valence-electron chi connectivity index (χ1n) is 6.03. The van der Waals surface area contributed by atoms with Crippen LogP contribution in [0.3, 0.4) is 0 Å². The topological polar surface area (TPSA) is 84.2 Å². The van der Waals surface area contributed by atoms with E-state index in [1.807, 2.05) is 6.92 Å². The molecule has 0 aliphatic rings. The molecule has 6 heteroatoms. The van der Waals surface area contributed by atoms with Crippen molar-refractivity contribution in [2.24, 2.45) is 0 Å². The molecule has 0 aliphatic heterocycles. The van der Waals surface area contributed by atoms with Gasteiger partial charge in [-0.2, -0.15) is 5.10 Å². The third-order valence-corrected chi connectivity index (χ3v) is 2.79. The summed E-state index contributed by atoms with van der Waals surface area (Å²) in [4.78, 5) is 22.5. The third kappa shape index (κ3) is 3.32. The van der Waals surface area contributed by atoms with Gasteiger partial charge in [0.1, 0.15) is 6.04 Å². The number of aliphatic carboxylic acids is 1. The number of hydrogen-bond acceptors (Lipinski definition) is 3. The number of aryl methyl sites for hydroxylation is 1. The van der Waals surface area contributed by atoms with Crippen LogP contribution in [0.5, 0.6) is 0 Å². The minimum Gasteiger partial charge on any atom is -0.480 e. The van der Waals surface area contributed by atoms with E-state index in [2.05, 4.69) is 17.3 Å². The van der Waals surface area contributed by atoms with Crippen molar-refractivity contribution in [3.63, 3.8) is 0 Å². The van der Waals surface area contributed by atoms with Crippen molar-refractivity contribution < 1.29 is 14.7 Å². The number of carboxylic acids is 1. The Bertz CT molecular complexity index is 440. The Kier molecular flexibility index (Phi) is 4.88. The number of nitrogens with one attached hydrogen (secondary N) is 1. The molecule has 1 heterocycles. The van der Waals surface area contributed by atoms with E-state index < -0.39 is 17.9 Å². The van der Waals surface area contributed by atoms with Crippen molar-refractivity contribution in [1.82, 2.24) is 15.1 Å². The predicted molar refractivity (Wildman–Crippen MR) is 66.4 cm³/mol. The lowest BCUT2D eigenvalue weighted by Gasteiger charge is -2.09. The van der Waals surface area contributed by atoms with E-state index in [1.54, 1.807) is 4.68 Å². The quantitative estimate of drug-likeness (QED) is 0.797. The Labute approximate surface area is 106 Å². The van der Waals surface area contributed by atoms with Gasteiger partial charge in [0.2, 0.25) is 0 Å². The van der Waals surface area contributed by atoms with Crippen LogP contribution in [0.25, 0.3) is 0 Å². The number of carbonyl (C=O) groups excluding carboxylic acids is 1. The Morgan fingerprint density at radius 2 is 2.22 bits per heavy atom. The Morgan fingerprint density at radius 1 is 1.56 bits per heavy atom. The summed E-state index contributed by atoms with van der Waals surface area (Å²) in [5, 5.41) is 15.3. The maximum atomic E-state index is 11.8. The summed E-state index contributed by atoms with van der Waals surface area (Å²) in [6, 6.07) is -0.907. The van der Waals surface area contributed by atoms with Crippen LogP contribution < -0.4 is 5.32 Å². The van der Waals surface area contributed by atoms with E-state index in [-0.39, 0.29) is 0 Å². The lowest BCUT2D eigenvalue weighted by molar-refractivity contribution is -0.138. The number of rotatable bonds is 6. The van der Waals surface area contributed by atoms with E-state index in [9.17, 15) is 9.59 Å². The van der Waals surface area contributed by atoms with Gasteiger partial charge in [0.05, 0.1) is 11.8 Å². The molecule has 100 valence electrons. The Balaban J connectivity index is 2.75. The first-order chi connectivity index (χ1) is 8.47. The zero-order valence-corrected chi connectivity index (χ0v) is 10.9. The van der Waals surface area contributed by atoms with Gasteiger partial charge in [0.15, 0.2) is 0 Å². The molecule has 0 saturated heterocycles. The summed E-state index contributed by atoms with van der Waals surface area (Å²) in [7, 11) is 0. The molecular weight excluding hydrogens is 234 g/mol. The Hall–Kier alpha value is -1.85. The van der Waals surface area contributed by atoms with Gasteiger partial charge in [0.25, 0.3) is 5.91 Å². The molecule has 1 aromatic rings. The van der Waals surface area contributed by atoms with E-state index in [4.69, 9.17) is 5.11 Å². The highest BCUT2D eigenvalue weighted by atomic mass is 16.4. The van der Waals surface area contributed by atoms with Crippen LogP contribution in [0.4, 0.5) is 0 Å². The van der Waals surface area contributed by atoms with Crippen molar-refractivity contribution in [2.45, 2.75) is 46.2 Å². The number of hydrogen-bond donors (Lipinski definition) is 2. The van der Waals surface area contributed by atoms with E-state index in [0.29, 0.717) is 5.56 Å². The fraction of sp³-hybridized carbons (Fsp3) is 0.583. The van der Waals surface area contributed by atoms with Crippen LogP contribution in [-0.2, 0) is 11.3 Å². The number of aromatic nitrogens is 2. The van der Waals surface area contributed by atoms with Crippen LogP contribution in [0, 0.1) is 6.92 Å². The van der Waals surface area contributed by atoms with Gasteiger partial charge < -0.3 is 10.4 Å². The van der Waals surface area contributed by atoms with Gasteiger partial charge in [-0.25, -0.2) is 0 Å². The van der Waals surface area contributed by atoms with Gasteiger partial charge in [0, 0.05) is 12.2 Å². The number of unbranched alkanes of at least 4 members (excludes halogenated alkanes) is 1. The molecule has 0 fully saturated rings. The maximum Gasteiger partial charge on any atom is 0.325 e. The van der Waals surface area contributed by atoms with Crippen molar-refractivity contribution in [3.8, 4) is 0 Å². The maximum absolute atomic E-state index is 11.8. The normalized spacial score (nSPS) is 12.2. The summed E-state index contributed by atoms with van der Waals surface area (Å²) in [6.45, 7) is 6.09. The first kappa shape index (κ1) is 14.2. The van der Waals surface area contributed by atoms with Gasteiger partial charge in [-0.1, -0.05) is 13.3 Å². The largest absolute Gasteiger partial charge is 0.480 e. The van der Waals surface area contributed by atoms with E-state index >= 15 is 0 Å². The monoisotopic (exact) mass is 253 g/mol. The lowest BCUT2D eigenvalue weighted by atomic mass is 10.2. The molecule has 2 N–H and O–H groups in total. The minimum absolute atomic E-state index is 0.398. The van der Waals surface area contributed by atoms with Crippen molar-refractivity contribution >= 4 is 11.9 Å². The second-order valence-electron chi connectivity index (χ2n) is 4.25. The summed E-state index contributed by atoms with van der Waals surface area (Å²) in [6.07, 6.45) is 3.53. The van der Waals surface area contributed by atoms with Gasteiger partial charge in [-0.15, -0.1) is 0 Å². The minimum atomic E-state index is -1.06. The van der Waals surface area contributed by atoms with Gasteiger partial charge in [-0.05, 0) is 20.3 Å². The van der Waals surface area contributed by atoms with Gasteiger partial charge in [-0.3, -0.25) is 14.3 Å². The highest BCUT2D eigenvalue weighted by Crippen LogP contribution is 2.08. The summed E-state index contributed by atoms with van der Waals surface area (Å²) in [5.74, 6) is -1.45. The molecule has 0 bridgehead atoms. The molecule has 1 rings (SSSR count). The molecule has 1 amide bonds. The van der Waals surface area contributed by atoms with E-state index in [1.165, 1.54) is 13.1 Å². The molecule has 0 radical (unpaired) electrons. The molecule has 18 heavy (non-hydrogen) atoms. The van der Waals surface area contributed by atoms with Crippen LogP contribution in [0.1, 0.15) is 42.7 Å². The second-order valence-corrected chi connectivity index (χ2v) is 4.25. The number of carbonyl (C=O) groups is 2. The van der Waals surface area contributed by atoms with Crippen LogP contribution in [-0.4, -0.2) is 32.8 Å². The molecule has 1 unspecified atom stereocenters. The number of carboxylic acid groups (broad SMARTS) is 1. The van der Waals surface area contributed by atoms with Crippen LogP contribution >= 0.6 is 0 Å². The fourth-order valence-corrected chi connectivity index (χ4v) is 1.54. The van der Waals surface area contributed by atoms with Crippen molar-refractivity contribution in [2.75, 3.05) is 0 Å². The molecule has 6 nitrogen and oxygen atoms in total. The fourth-order valence-electron chi connectivity index (χ4n) is 1.54. The molecule has 0 saturated carbocycles. The average Bonchev–Trinajstić information content (AvgIpc) is 2.67. The highest BCUT2D eigenvalue weighted by Gasteiger charge is 2.18. The molecule has 0 spiro atoms. The molecule has 1 atom stereocenters. The predicted octanol–water partition coefficient (Wildman–Crippen LogP) is 1.19. The zero-order chi connectivity index (χ0) is 13.7. The third-order valence-electron chi connectivity index (χ3n) is 2.79. The summed E-state index contributed by atoms with van der Waals surface area (Å²) < 4.78 is 1.77. The van der Waals surface area contributed by atoms with E-state index in [0.717, 1.165) is 25.1 Å². The van der Waals surface area contributed by atoms with Crippen LogP contribution in [0.15, 0.2) is 6.20 Å². The average molecular weight is 253 g/mol. The summed E-state index contributed by atoms with van der Waals surface area (Å²) >= 11 is 0. The SMILES string of the molecule is CCCCn1ncc(C(=O)NC(C)C(=O)O)c1C. The number of nitrogens with zero attached hydrogens (tertiary/aromatic N) is 2. The Morgan fingerprint density at radius 3 is 2.78 bits per heavy atom. The first-order valence-corrected chi connectivity index (χ1v) is 6.03. The van der Waals surface area contributed by atoms with Crippen molar-refractivity contribution in [3.05, 3.63) is 17.5 Å². The summed E-state index contributed by atoms with van der Waals surface area (Å²) in [5.41, 5.74) is 1.19. The highest BCUT2D eigenvalue weighted by molar-refractivity contribution is 5.97. The smallest absolute Gasteiger partial charge is 0.325 e. The van der Waals surface area contributed by atoms with Gasteiger partial charge >= 0.3 is 5.97 Å². The molecule has 0 aromatic carbocycles. The van der Waals surface area contributed by atoms with Crippen molar-refractivity contribution in [1.29, 1.82) is 0 Å². The second kappa shape index (κ2) is 6.18. The lowest BCUT2D eigenvalue weighted by Crippen LogP contribution is -2.38. The van der Waals surface area contributed by atoms with Crippen LogP contribution in [0.2, 0.25) is 0 Å². The molecule has 0 aliphatic carbocycles. The standard InChI is InChI=1S/C12H19N3O3/c1-4-5-6-15-9(3)10(7-13-15)11(16)14-8(2)12(17)18/h7-8H,4-6H2,1-3H3,(H,14,16)(H,17,18). The molecular formula is C12H19N3O3. The number of amides is 1. The molecule has 1 aromatic heterocycles. The zero-order valence-electron chi connectivity index (χ0n) is 10.9.